The van der Waals surface area contributed by atoms with Gasteiger partial charge in [-0.05, 0) is 104 Å². The molecule has 2 saturated heterocycles. The van der Waals surface area contributed by atoms with Crippen LogP contribution in [0.4, 0.5) is 5.69 Å². The lowest BCUT2D eigenvalue weighted by Crippen LogP contribution is -2.44. The number of benzene rings is 4. The third-order valence-electron chi connectivity index (χ3n) is 11.1. The van der Waals surface area contributed by atoms with Crippen LogP contribution in [0.25, 0.3) is 0 Å². The van der Waals surface area contributed by atoms with Gasteiger partial charge >= 0.3 is 0 Å². The summed E-state index contributed by atoms with van der Waals surface area (Å²) in [6, 6.07) is 34.4. The molecule has 0 saturated carbocycles. The van der Waals surface area contributed by atoms with E-state index in [0.717, 1.165) is 75.3 Å². The van der Waals surface area contributed by atoms with Gasteiger partial charge in [0.25, 0.3) is 0 Å². The van der Waals surface area contributed by atoms with Crippen LogP contribution in [0.1, 0.15) is 84.6 Å². The number of nitrogens with zero attached hydrogens (tertiary/aromatic N) is 1. The fraction of sp³-hybridized carbons (Fsp3) is 0.386. The van der Waals surface area contributed by atoms with Gasteiger partial charge in [0, 0.05) is 49.8 Å². The van der Waals surface area contributed by atoms with E-state index in [9.17, 15) is 9.59 Å². The molecule has 1 aliphatic carbocycles. The third kappa shape index (κ3) is 8.23. The molecule has 2 aliphatic heterocycles. The minimum atomic E-state index is -0.627. The number of nitrogens with one attached hydrogen (secondary N) is 3. The number of carbonyl (C=O) groups is 2. The van der Waals surface area contributed by atoms with Gasteiger partial charge in [-0.25, -0.2) is 0 Å². The summed E-state index contributed by atoms with van der Waals surface area (Å²) >= 11 is 0. The van der Waals surface area contributed by atoms with Crippen LogP contribution in [0.3, 0.4) is 0 Å². The normalized spacial score (nSPS) is 20.8. The average molecular weight is 699 g/mol. The highest BCUT2D eigenvalue weighted by Gasteiger charge is 2.33. The number of piperidine rings is 2. The zero-order chi connectivity index (χ0) is 35.9. The molecule has 3 N–H and O–H groups in total. The summed E-state index contributed by atoms with van der Waals surface area (Å²) in [5, 5.41) is 14.2. The second-order valence-electron chi connectivity index (χ2n) is 14.4. The van der Waals surface area contributed by atoms with E-state index in [1.165, 1.54) is 22.3 Å². The Kier molecular flexibility index (Phi) is 11.3. The van der Waals surface area contributed by atoms with Gasteiger partial charge in [-0.2, -0.15) is 0 Å². The molecule has 7 rings (SSSR count). The van der Waals surface area contributed by atoms with Crippen molar-refractivity contribution in [3.05, 3.63) is 125 Å². The fourth-order valence-electron chi connectivity index (χ4n) is 8.27. The molecule has 0 aromatic heterocycles. The smallest absolute Gasteiger partial charge is 0.235 e. The van der Waals surface area contributed by atoms with E-state index in [4.69, 9.17) is 14.9 Å². The molecule has 3 unspecified atom stereocenters. The molecule has 2 amide bonds. The van der Waals surface area contributed by atoms with Crippen molar-refractivity contribution in [2.45, 2.75) is 69.3 Å². The van der Waals surface area contributed by atoms with Crippen molar-refractivity contribution >= 4 is 23.2 Å². The molecule has 2 heterocycles. The van der Waals surface area contributed by atoms with Gasteiger partial charge in [-0.15, -0.1) is 0 Å². The lowest BCUT2D eigenvalue weighted by Gasteiger charge is -2.34. The molecule has 270 valence electrons. The number of amides is 2. The molecule has 3 atom stereocenters. The standard InChI is InChI=1S/C44H50N4O4/c1-46-40-29-35(18-20-38(40)43(45)39-21-22-41(49)47-44(39)50)52-34-23-26-48(27-24-34)25-7-8-28-51-33-16-13-32(14-17-33)42-36-12-6-5-11-31(36)15-19-37(42)30-9-3-2-4-10-30/h2-6,9-14,16-18,20,29,34,37,39,42,45-46H,7-8,15,19,21-28H2,1H3,(H,47,49,50). The lowest BCUT2D eigenvalue weighted by molar-refractivity contribution is -0.134. The Labute approximate surface area is 307 Å². The maximum absolute atomic E-state index is 12.3. The number of imide groups is 1. The van der Waals surface area contributed by atoms with E-state index in [2.05, 4.69) is 94.4 Å². The SMILES string of the molecule is CNc1cc(OC2CCN(CCCCOc3ccc(C4c5ccccc5CCC4c4ccccc4)cc3)CC2)ccc1C(=N)C1CCC(=O)NC1=O. The van der Waals surface area contributed by atoms with E-state index in [-0.39, 0.29) is 24.1 Å². The van der Waals surface area contributed by atoms with Crippen molar-refractivity contribution in [2.75, 3.05) is 38.6 Å². The lowest BCUT2D eigenvalue weighted by atomic mass is 9.69. The molecule has 0 spiro atoms. The number of likely N-dealkylation sites (tertiary alicyclic amines) is 1. The van der Waals surface area contributed by atoms with Gasteiger partial charge in [0.15, 0.2) is 0 Å². The molecular weight excluding hydrogens is 649 g/mol. The first-order valence-corrected chi connectivity index (χ1v) is 19.0. The van der Waals surface area contributed by atoms with Gasteiger partial charge in [-0.1, -0.05) is 66.7 Å². The van der Waals surface area contributed by atoms with Crippen LogP contribution >= 0.6 is 0 Å². The van der Waals surface area contributed by atoms with Crippen LogP contribution < -0.4 is 20.1 Å². The molecule has 2 fully saturated rings. The number of unbranched alkanes of at least 4 members (excludes halogenated alkanes) is 1. The number of anilines is 1. The van der Waals surface area contributed by atoms with Crippen molar-refractivity contribution in [1.82, 2.24) is 10.2 Å². The molecule has 0 bridgehead atoms. The number of aryl methyl sites for hydroxylation is 1. The summed E-state index contributed by atoms with van der Waals surface area (Å²) in [7, 11) is 1.80. The number of fused-ring (bicyclic) bond motifs is 1. The van der Waals surface area contributed by atoms with Crippen LogP contribution in [-0.2, 0) is 16.0 Å². The molecular formula is C44H50N4O4. The molecule has 52 heavy (non-hydrogen) atoms. The van der Waals surface area contributed by atoms with Gasteiger partial charge in [-0.3, -0.25) is 14.9 Å². The van der Waals surface area contributed by atoms with Crippen molar-refractivity contribution in [3.8, 4) is 11.5 Å². The van der Waals surface area contributed by atoms with E-state index >= 15 is 0 Å². The first-order chi connectivity index (χ1) is 25.5. The minimum Gasteiger partial charge on any atom is -0.494 e. The summed E-state index contributed by atoms with van der Waals surface area (Å²) in [4.78, 5) is 26.4. The summed E-state index contributed by atoms with van der Waals surface area (Å²) in [5.74, 6) is 1.20. The molecule has 8 nitrogen and oxygen atoms in total. The second kappa shape index (κ2) is 16.6. The molecule has 4 aromatic carbocycles. The number of rotatable bonds is 13. The first kappa shape index (κ1) is 35.5. The van der Waals surface area contributed by atoms with Crippen LogP contribution in [0, 0.1) is 11.3 Å². The Morgan fingerprint density at radius 1 is 0.827 bits per heavy atom. The Balaban J connectivity index is 0.844. The predicted molar refractivity (Wildman–Crippen MR) is 206 cm³/mol. The van der Waals surface area contributed by atoms with Crippen molar-refractivity contribution in [1.29, 1.82) is 5.41 Å². The Hall–Kier alpha value is -4.95. The summed E-state index contributed by atoms with van der Waals surface area (Å²) in [6.45, 7) is 3.76. The van der Waals surface area contributed by atoms with Crippen LogP contribution in [-0.4, -0.2) is 61.8 Å². The summed E-state index contributed by atoms with van der Waals surface area (Å²) in [5.41, 5.74) is 7.31. The topological polar surface area (TPSA) is 104 Å². The minimum absolute atomic E-state index is 0.137. The Bertz CT molecular complexity index is 1850. The quantitative estimate of drug-likeness (QED) is 0.0751. The monoisotopic (exact) mass is 698 g/mol. The first-order valence-electron chi connectivity index (χ1n) is 19.0. The van der Waals surface area contributed by atoms with Gasteiger partial charge < -0.3 is 25.1 Å². The maximum Gasteiger partial charge on any atom is 0.235 e. The molecule has 0 radical (unpaired) electrons. The average Bonchev–Trinajstić information content (AvgIpc) is 3.18. The van der Waals surface area contributed by atoms with Crippen molar-refractivity contribution in [2.24, 2.45) is 5.92 Å². The highest BCUT2D eigenvalue weighted by Crippen LogP contribution is 2.46. The van der Waals surface area contributed by atoms with Gasteiger partial charge in [0.05, 0.1) is 18.2 Å². The Morgan fingerprint density at radius 2 is 1.58 bits per heavy atom. The highest BCUT2D eigenvalue weighted by atomic mass is 16.5. The van der Waals surface area contributed by atoms with Crippen LogP contribution in [0.15, 0.2) is 97.1 Å². The van der Waals surface area contributed by atoms with Crippen molar-refractivity contribution in [3.63, 3.8) is 0 Å². The number of hydrogen-bond acceptors (Lipinski definition) is 7. The summed E-state index contributed by atoms with van der Waals surface area (Å²) in [6.07, 6.45) is 7.05. The number of ether oxygens (including phenoxy) is 2. The molecule has 4 aromatic rings. The molecule has 8 heteroatoms. The fourth-order valence-corrected chi connectivity index (χ4v) is 8.27. The predicted octanol–water partition coefficient (Wildman–Crippen LogP) is 7.71. The van der Waals surface area contributed by atoms with Crippen LogP contribution in [0.2, 0.25) is 0 Å². The van der Waals surface area contributed by atoms with E-state index in [1.807, 2.05) is 18.2 Å². The maximum atomic E-state index is 12.3. The second-order valence-corrected chi connectivity index (χ2v) is 14.4. The zero-order valence-electron chi connectivity index (χ0n) is 30.1. The largest absolute Gasteiger partial charge is 0.494 e. The van der Waals surface area contributed by atoms with E-state index in [0.29, 0.717) is 30.4 Å². The van der Waals surface area contributed by atoms with Crippen LogP contribution in [0.5, 0.6) is 11.5 Å². The number of hydrogen-bond donors (Lipinski definition) is 3. The summed E-state index contributed by atoms with van der Waals surface area (Å²) < 4.78 is 12.6. The van der Waals surface area contributed by atoms with E-state index in [1.54, 1.807) is 7.05 Å². The zero-order valence-corrected chi connectivity index (χ0v) is 30.1. The number of carbonyl (C=O) groups excluding carboxylic acids is 2. The van der Waals surface area contributed by atoms with E-state index < -0.39 is 11.8 Å². The van der Waals surface area contributed by atoms with Gasteiger partial charge in [0.1, 0.15) is 17.6 Å². The van der Waals surface area contributed by atoms with Crippen molar-refractivity contribution < 1.29 is 19.1 Å². The highest BCUT2D eigenvalue weighted by molar-refractivity contribution is 6.17. The van der Waals surface area contributed by atoms with Gasteiger partial charge in [0.2, 0.25) is 11.8 Å². The molecule has 3 aliphatic rings. The third-order valence-corrected chi connectivity index (χ3v) is 11.1. The Morgan fingerprint density at radius 3 is 2.35 bits per heavy atom.